The molecular weight excluding hydrogens is 878 g/mol. The Hall–Kier alpha value is -7.04. The first-order chi connectivity index (χ1) is 32.3. The predicted octanol–water partition coefficient (Wildman–Crippen LogP) is 5.94. The fourth-order valence-corrected chi connectivity index (χ4v) is 10.7. The van der Waals surface area contributed by atoms with E-state index in [1.54, 1.807) is 15.6 Å². The summed E-state index contributed by atoms with van der Waals surface area (Å²) in [5.41, 5.74) is 4.97. The second kappa shape index (κ2) is 17.3. The van der Waals surface area contributed by atoms with Crippen molar-refractivity contribution in [2.24, 2.45) is 7.05 Å². The molecule has 2 aromatic heterocycles. The Morgan fingerprint density at radius 3 is 2.40 bits per heavy atom. The van der Waals surface area contributed by atoms with Crippen LogP contribution in [0.2, 0.25) is 5.02 Å². The summed E-state index contributed by atoms with van der Waals surface area (Å²) in [7, 11) is 1.88. The van der Waals surface area contributed by atoms with Gasteiger partial charge in [0.15, 0.2) is 6.61 Å². The number of halogens is 1. The third kappa shape index (κ3) is 7.67. The molecule has 1 aliphatic carbocycles. The van der Waals surface area contributed by atoms with Gasteiger partial charge in [-0.3, -0.25) is 43.8 Å². The number of nitrogens with zero attached hydrogens (tertiary/aromatic N) is 6. The van der Waals surface area contributed by atoms with E-state index in [1.165, 1.54) is 12.1 Å². The molecule has 2 N–H and O–H groups in total. The van der Waals surface area contributed by atoms with E-state index >= 15 is 0 Å². The molecule has 3 unspecified atom stereocenters. The van der Waals surface area contributed by atoms with E-state index in [1.807, 2.05) is 80.1 Å². The zero-order chi connectivity index (χ0) is 46.8. The number of carbonyl (C=O) groups excluding carboxylic acids is 5. The fraction of sp³-hybridized carbons (Fsp3) is 0.340. The van der Waals surface area contributed by atoms with Gasteiger partial charge in [0.2, 0.25) is 11.8 Å². The molecular formula is C50H48ClN7O9. The predicted molar refractivity (Wildman–Crippen MR) is 247 cm³/mol. The van der Waals surface area contributed by atoms with Gasteiger partial charge in [0.25, 0.3) is 17.7 Å². The van der Waals surface area contributed by atoms with E-state index < -0.39 is 35.6 Å². The maximum Gasteiger partial charge on any atom is 0.352 e. The van der Waals surface area contributed by atoms with Crippen molar-refractivity contribution in [3.63, 3.8) is 0 Å². The summed E-state index contributed by atoms with van der Waals surface area (Å²) in [6, 6.07) is 21.1. The Morgan fingerprint density at radius 2 is 1.63 bits per heavy atom. The highest BCUT2D eigenvalue weighted by molar-refractivity contribution is 6.35. The lowest BCUT2D eigenvalue weighted by molar-refractivity contribution is -0.137. The molecule has 5 heterocycles. The minimum atomic E-state index is -1.13. The average Bonchev–Trinajstić information content (AvgIpc) is 3.93. The van der Waals surface area contributed by atoms with Crippen LogP contribution in [0, 0.1) is 13.8 Å². The van der Waals surface area contributed by atoms with Crippen LogP contribution in [0.1, 0.15) is 73.8 Å². The molecule has 4 aromatic carbocycles. The van der Waals surface area contributed by atoms with E-state index in [0.29, 0.717) is 56.2 Å². The summed E-state index contributed by atoms with van der Waals surface area (Å²) in [4.78, 5) is 83.4. The first-order valence-corrected chi connectivity index (χ1v) is 22.9. The van der Waals surface area contributed by atoms with Gasteiger partial charge in [0, 0.05) is 79.3 Å². The molecule has 3 aliphatic heterocycles. The fourth-order valence-electron chi connectivity index (χ4n) is 10.4. The van der Waals surface area contributed by atoms with Gasteiger partial charge in [-0.25, -0.2) is 4.79 Å². The molecule has 16 nitrogen and oxygen atoms in total. The Bertz CT molecular complexity index is 3080. The highest BCUT2D eigenvalue weighted by atomic mass is 35.5. The maximum atomic E-state index is 13.7. The Morgan fingerprint density at radius 1 is 0.851 bits per heavy atom. The van der Waals surface area contributed by atoms with Crippen molar-refractivity contribution in [2.45, 2.75) is 70.6 Å². The number of nitrogens with one attached hydrogen (secondary N) is 1. The Kier molecular flexibility index (Phi) is 11.3. The van der Waals surface area contributed by atoms with Gasteiger partial charge < -0.3 is 24.0 Å². The molecule has 1 saturated carbocycles. The van der Waals surface area contributed by atoms with Crippen molar-refractivity contribution in [3.8, 4) is 22.6 Å². The molecule has 67 heavy (non-hydrogen) atoms. The van der Waals surface area contributed by atoms with Gasteiger partial charge in [-0.05, 0) is 74.7 Å². The molecule has 4 aliphatic rings. The van der Waals surface area contributed by atoms with Crippen LogP contribution in [0.15, 0.2) is 72.8 Å². The Labute approximate surface area is 389 Å². The zero-order valence-electron chi connectivity index (χ0n) is 37.2. The number of aromatic nitrogens is 3. The monoisotopic (exact) mass is 925 g/mol. The van der Waals surface area contributed by atoms with Crippen LogP contribution in [0.3, 0.4) is 0 Å². The lowest BCUT2D eigenvalue weighted by Crippen LogP contribution is -2.54. The average molecular weight is 926 g/mol. The number of hydrogen-bond acceptors (Lipinski definition) is 10. The minimum Gasteiger partial charge on any atom is -0.493 e. The molecule has 0 radical (unpaired) electrons. The Balaban J connectivity index is 0.858. The molecule has 0 bridgehead atoms. The second-order valence-electron chi connectivity index (χ2n) is 17.6. The number of benzene rings is 4. The number of rotatable bonds is 14. The number of aromatic carboxylic acids is 1. The summed E-state index contributed by atoms with van der Waals surface area (Å²) in [5.74, 6) is -3.03. The molecule has 17 heteroatoms. The molecule has 344 valence electrons. The van der Waals surface area contributed by atoms with Crippen LogP contribution >= 0.6 is 11.6 Å². The normalized spacial score (nSPS) is 19.3. The van der Waals surface area contributed by atoms with Gasteiger partial charge in [0.1, 0.15) is 23.2 Å². The number of carboxylic acids is 1. The van der Waals surface area contributed by atoms with Crippen LogP contribution in [-0.4, -0.2) is 121 Å². The van der Waals surface area contributed by atoms with Gasteiger partial charge >= 0.3 is 5.97 Å². The minimum absolute atomic E-state index is 0.00353. The standard InChI is InChI=1S/C50H48ClN7O9/c1-27-42(28(2)54(3)53-27)44-34(51)17-16-32-31(13-8-24-66-38-14-6-10-29-9-4-5-11-30(29)38)46(50(64)65)57(45(32)44)23-21-55-20-22-56(37-25-36(37)55)41(60)26-67-39-15-7-12-33-43(39)49(63)58(48(33)62)35-18-19-40(59)52-47(35)61/h4-7,9-12,14-17,35-37H,8,13,18-26H2,1-3H3,(H,64,65)(H,52,59,61). The van der Waals surface area contributed by atoms with Crippen LogP contribution < -0.4 is 14.8 Å². The number of ether oxygens (including phenoxy) is 2. The van der Waals surface area contributed by atoms with Crippen molar-refractivity contribution in [2.75, 3.05) is 32.8 Å². The summed E-state index contributed by atoms with van der Waals surface area (Å²) in [6.45, 7) is 5.72. The number of carboxylic acid groups (broad SMARTS) is 1. The third-order valence-electron chi connectivity index (χ3n) is 13.8. The topological polar surface area (TPSA) is 186 Å². The number of piperidine rings is 1. The van der Waals surface area contributed by atoms with Crippen LogP contribution in [0.4, 0.5) is 0 Å². The first kappa shape index (κ1) is 43.8. The quantitative estimate of drug-likeness (QED) is 0.0974. The highest BCUT2D eigenvalue weighted by Gasteiger charge is 2.51. The number of fused-ring (bicyclic) bond motifs is 4. The SMILES string of the molecule is Cc1nn(C)c(C)c1-c1c(Cl)ccc2c(CCCOc3cccc4ccccc34)c(C(=O)O)n(CCN3CCN(C(=O)COc4cccc5c4C(=O)N(C4CCC(=O)NC4=O)C5=O)C4CC43)c12. The third-order valence-corrected chi connectivity index (χ3v) is 14.1. The van der Waals surface area contributed by atoms with E-state index in [2.05, 4.69) is 15.3 Å². The number of hydrogen-bond donors (Lipinski definition) is 2. The number of carbonyl (C=O) groups is 6. The van der Waals surface area contributed by atoms with Crippen molar-refractivity contribution in [3.05, 3.63) is 112 Å². The maximum absolute atomic E-state index is 13.7. The molecule has 5 amide bonds. The number of piperazine rings is 1. The number of amides is 5. The lowest BCUT2D eigenvalue weighted by atomic mass is 9.98. The molecule has 3 atom stereocenters. The number of aryl methyl sites for hydroxylation is 3. The van der Waals surface area contributed by atoms with Crippen LogP contribution in [-0.2, 0) is 34.4 Å². The lowest BCUT2D eigenvalue weighted by Gasteiger charge is -2.34. The van der Waals surface area contributed by atoms with Crippen molar-refractivity contribution in [1.82, 2.24) is 34.4 Å². The van der Waals surface area contributed by atoms with Crippen LogP contribution in [0.5, 0.6) is 11.5 Å². The first-order valence-electron chi connectivity index (χ1n) is 22.5. The van der Waals surface area contributed by atoms with Gasteiger partial charge in [-0.2, -0.15) is 5.10 Å². The highest BCUT2D eigenvalue weighted by Crippen LogP contribution is 2.43. The molecule has 0 spiro atoms. The summed E-state index contributed by atoms with van der Waals surface area (Å²) in [5, 5.41) is 21.3. The number of imide groups is 2. The molecule has 6 aromatic rings. The van der Waals surface area contributed by atoms with E-state index in [-0.39, 0.29) is 60.0 Å². The molecule has 2 saturated heterocycles. The largest absolute Gasteiger partial charge is 0.493 e. The van der Waals surface area contributed by atoms with Crippen molar-refractivity contribution < 1.29 is 43.3 Å². The van der Waals surface area contributed by atoms with E-state index in [9.17, 15) is 33.9 Å². The summed E-state index contributed by atoms with van der Waals surface area (Å²) in [6.07, 6.45) is 1.76. The molecule has 3 fully saturated rings. The zero-order valence-corrected chi connectivity index (χ0v) is 38.0. The summed E-state index contributed by atoms with van der Waals surface area (Å²) < 4.78 is 15.9. The van der Waals surface area contributed by atoms with Crippen molar-refractivity contribution >= 4 is 68.8 Å². The molecule has 10 rings (SSSR count). The van der Waals surface area contributed by atoms with E-state index in [4.69, 9.17) is 21.1 Å². The second-order valence-corrected chi connectivity index (χ2v) is 18.0. The summed E-state index contributed by atoms with van der Waals surface area (Å²) >= 11 is 7.09. The van der Waals surface area contributed by atoms with Gasteiger partial charge in [-0.1, -0.05) is 60.1 Å². The van der Waals surface area contributed by atoms with Gasteiger partial charge in [0.05, 0.1) is 34.0 Å². The van der Waals surface area contributed by atoms with E-state index in [0.717, 1.165) is 61.3 Å². The van der Waals surface area contributed by atoms with Crippen LogP contribution in [0.25, 0.3) is 32.8 Å². The smallest absolute Gasteiger partial charge is 0.352 e. The van der Waals surface area contributed by atoms with Crippen molar-refractivity contribution in [1.29, 1.82) is 0 Å². The van der Waals surface area contributed by atoms with Gasteiger partial charge in [-0.15, -0.1) is 0 Å².